The number of piperidine rings is 1. The van der Waals surface area contributed by atoms with Crippen molar-refractivity contribution < 1.29 is 9.63 Å². The first kappa shape index (κ1) is 16.9. The Hall–Kier alpha value is -2.51. The highest BCUT2D eigenvalue weighted by atomic mass is 16.5. The van der Waals surface area contributed by atoms with E-state index >= 15 is 0 Å². The summed E-state index contributed by atoms with van der Waals surface area (Å²) < 4.78 is 7.29. The van der Waals surface area contributed by atoms with Crippen LogP contribution in [0.4, 0.5) is 0 Å². The van der Waals surface area contributed by atoms with Gasteiger partial charge in [-0.05, 0) is 38.4 Å². The largest absolute Gasteiger partial charge is 0.388 e. The molecule has 1 aliphatic heterocycles. The molecule has 0 spiro atoms. The summed E-state index contributed by atoms with van der Waals surface area (Å²) in [5.74, 6) is 2.06. The van der Waals surface area contributed by atoms with Gasteiger partial charge in [0, 0.05) is 24.6 Å². The van der Waals surface area contributed by atoms with Crippen LogP contribution in [0, 0.1) is 6.92 Å². The number of aryl methyl sites for hydroxylation is 1. The fraction of sp³-hybridized carbons (Fsp3) is 0.421. The van der Waals surface area contributed by atoms with Crippen molar-refractivity contribution in [3.05, 3.63) is 60.3 Å². The van der Waals surface area contributed by atoms with Gasteiger partial charge < -0.3 is 14.2 Å². The number of benzene rings is 1. The van der Waals surface area contributed by atoms with E-state index in [2.05, 4.69) is 36.7 Å². The van der Waals surface area contributed by atoms with Gasteiger partial charge in [0.2, 0.25) is 5.89 Å². The summed E-state index contributed by atoms with van der Waals surface area (Å²) in [5, 5.41) is 14.8. The molecule has 1 unspecified atom stereocenters. The molecule has 7 heteroatoms. The molecule has 0 amide bonds. The average molecular weight is 353 g/mol. The molecule has 0 radical (unpaired) electrons. The molecule has 0 bridgehead atoms. The number of aliphatic hydroxyl groups is 1. The van der Waals surface area contributed by atoms with E-state index in [9.17, 15) is 5.11 Å². The van der Waals surface area contributed by atoms with Crippen LogP contribution >= 0.6 is 0 Å². The number of imidazole rings is 1. The first-order valence-electron chi connectivity index (χ1n) is 8.93. The summed E-state index contributed by atoms with van der Waals surface area (Å²) in [6.07, 6.45) is 5.84. The predicted octanol–water partition coefficient (Wildman–Crippen LogP) is 2.13. The Bertz CT molecular complexity index is 860. The predicted molar refractivity (Wildman–Crippen MR) is 95.8 cm³/mol. The van der Waals surface area contributed by atoms with Crippen molar-refractivity contribution in [1.29, 1.82) is 0 Å². The monoisotopic (exact) mass is 353 g/mol. The summed E-state index contributed by atoms with van der Waals surface area (Å²) in [7, 11) is 0. The maximum Gasteiger partial charge on any atom is 0.229 e. The van der Waals surface area contributed by atoms with E-state index in [1.54, 1.807) is 6.92 Å². The number of hydrogen-bond acceptors (Lipinski definition) is 6. The summed E-state index contributed by atoms with van der Waals surface area (Å²) in [4.78, 5) is 11.0. The number of hydrogen-bond donors (Lipinski definition) is 1. The molecule has 3 aromatic rings. The lowest BCUT2D eigenvalue weighted by Crippen LogP contribution is -2.49. The van der Waals surface area contributed by atoms with Gasteiger partial charge in [0.1, 0.15) is 5.82 Å². The Kier molecular flexibility index (Phi) is 4.57. The van der Waals surface area contributed by atoms with E-state index < -0.39 is 5.60 Å². The van der Waals surface area contributed by atoms with Crippen LogP contribution in [0.15, 0.2) is 47.2 Å². The van der Waals surface area contributed by atoms with E-state index in [1.165, 1.54) is 0 Å². The molecule has 1 aromatic carbocycles. The minimum absolute atomic E-state index is 0.386. The molecule has 0 saturated carbocycles. The Morgan fingerprint density at radius 2 is 2.12 bits per heavy atom. The fourth-order valence-corrected chi connectivity index (χ4v) is 3.65. The zero-order chi connectivity index (χ0) is 18.0. The Labute approximate surface area is 152 Å². The third kappa shape index (κ3) is 3.68. The zero-order valence-electron chi connectivity index (χ0n) is 14.9. The Morgan fingerprint density at radius 3 is 2.88 bits per heavy atom. The summed E-state index contributed by atoms with van der Waals surface area (Å²) in [5.41, 5.74) is 0.245. The minimum Gasteiger partial charge on any atom is -0.388 e. The highest BCUT2D eigenvalue weighted by molar-refractivity contribution is 5.32. The number of likely N-dealkylation sites (tertiary alicyclic amines) is 1. The van der Waals surface area contributed by atoms with Gasteiger partial charge in [-0.3, -0.25) is 4.90 Å². The highest BCUT2D eigenvalue weighted by Crippen LogP contribution is 2.26. The summed E-state index contributed by atoms with van der Waals surface area (Å²) in [6.45, 7) is 3.98. The SMILES string of the molecule is Cc1noc(CC2(O)CCCN(Cc3nccn3-c3ccccc3)C2)n1. The smallest absolute Gasteiger partial charge is 0.229 e. The lowest BCUT2D eigenvalue weighted by molar-refractivity contribution is -0.0380. The Morgan fingerprint density at radius 1 is 1.27 bits per heavy atom. The molecule has 4 rings (SSSR count). The maximum atomic E-state index is 11.0. The summed E-state index contributed by atoms with van der Waals surface area (Å²) >= 11 is 0. The van der Waals surface area contributed by atoms with Crippen molar-refractivity contribution in [2.75, 3.05) is 13.1 Å². The van der Waals surface area contributed by atoms with E-state index in [0.717, 1.165) is 30.9 Å². The van der Waals surface area contributed by atoms with E-state index in [0.29, 0.717) is 31.2 Å². The van der Waals surface area contributed by atoms with Gasteiger partial charge in [0.15, 0.2) is 5.82 Å². The molecule has 0 aliphatic carbocycles. The van der Waals surface area contributed by atoms with Crippen molar-refractivity contribution >= 4 is 0 Å². The van der Waals surface area contributed by atoms with Crippen LogP contribution in [-0.2, 0) is 13.0 Å². The van der Waals surface area contributed by atoms with Crippen LogP contribution in [0.3, 0.4) is 0 Å². The molecular weight excluding hydrogens is 330 g/mol. The van der Waals surface area contributed by atoms with Crippen molar-refractivity contribution in [1.82, 2.24) is 24.6 Å². The van der Waals surface area contributed by atoms with Gasteiger partial charge >= 0.3 is 0 Å². The number of nitrogens with zero attached hydrogens (tertiary/aromatic N) is 5. The topological polar surface area (TPSA) is 80.2 Å². The van der Waals surface area contributed by atoms with Gasteiger partial charge in [0.25, 0.3) is 0 Å². The lowest BCUT2D eigenvalue weighted by atomic mass is 9.89. The third-order valence-corrected chi connectivity index (χ3v) is 4.80. The third-order valence-electron chi connectivity index (χ3n) is 4.80. The second-order valence-electron chi connectivity index (χ2n) is 7.00. The number of para-hydroxylation sites is 1. The highest BCUT2D eigenvalue weighted by Gasteiger charge is 2.35. The molecule has 1 atom stereocenters. The molecule has 3 heterocycles. The molecule has 2 aromatic heterocycles. The molecule has 1 aliphatic rings. The quantitative estimate of drug-likeness (QED) is 0.757. The van der Waals surface area contributed by atoms with Crippen LogP contribution in [-0.4, -0.2) is 48.4 Å². The number of aromatic nitrogens is 4. The van der Waals surface area contributed by atoms with Gasteiger partial charge in [-0.25, -0.2) is 4.98 Å². The molecule has 136 valence electrons. The fourth-order valence-electron chi connectivity index (χ4n) is 3.65. The van der Waals surface area contributed by atoms with Crippen LogP contribution in [0.1, 0.15) is 30.4 Å². The first-order valence-corrected chi connectivity index (χ1v) is 8.93. The molecule has 1 fully saturated rings. The normalized spacial score (nSPS) is 21.2. The molecule has 26 heavy (non-hydrogen) atoms. The molecule has 7 nitrogen and oxygen atoms in total. The van der Waals surface area contributed by atoms with E-state index in [1.807, 2.05) is 30.6 Å². The van der Waals surface area contributed by atoms with Gasteiger partial charge in [-0.2, -0.15) is 4.98 Å². The number of rotatable bonds is 5. The van der Waals surface area contributed by atoms with Crippen LogP contribution in [0.5, 0.6) is 0 Å². The van der Waals surface area contributed by atoms with Crippen LogP contribution in [0.25, 0.3) is 5.69 Å². The first-order chi connectivity index (χ1) is 12.6. The summed E-state index contributed by atoms with van der Waals surface area (Å²) in [6, 6.07) is 10.2. The minimum atomic E-state index is -0.846. The van der Waals surface area contributed by atoms with Crippen LogP contribution < -0.4 is 0 Å². The van der Waals surface area contributed by atoms with Crippen molar-refractivity contribution in [2.24, 2.45) is 0 Å². The van der Waals surface area contributed by atoms with Gasteiger partial charge in [-0.15, -0.1) is 0 Å². The zero-order valence-corrected chi connectivity index (χ0v) is 14.9. The van der Waals surface area contributed by atoms with Crippen LogP contribution in [0.2, 0.25) is 0 Å². The average Bonchev–Trinajstić information content (AvgIpc) is 3.24. The second kappa shape index (κ2) is 7.01. The maximum absolute atomic E-state index is 11.0. The van der Waals surface area contributed by atoms with Gasteiger partial charge in [-0.1, -0.05) is 23.4 Å². The van der Waals surface area contributed by atoms with Crippen molar-refractivity contribution in [3.63, 3.8) is 0 Å². The van der Waals surface area contributed by atoms with E-state index in [4.69, 9.17) is 4.52 Å². The molecule has 1 saturated heterocycles. The van der Waals surface area contributed by atoms with Crippen molar-refractivity contribution in [2.45, 2.75) is 38.3 Å². The number of β-amino-alcohol motifs (C(OH)–C–C–N with tert-alkyl or cyclic N) is 1. The van der Waals surface area contributed by atoms with E-state index in [-0.39, 0.29) is 0 Å². The van der Waals surface area contributed by atoms with Gasteiger partial charge in [0.05, 0.1) is 18.6 Å². The molecular formula is C19H23N5O2. The molecule has 1 N–H and O–H groups in total. The van der Waals surface area contributed by atoms with Crippen molar-refractivity contribution in [3.8, 4) is 5.69 Å². The standard InChI is InChI=1S/C19H23N5O2/c1-15-21-18(26-22-15)12-19(25)8-5-10-23(14-19)13-17-20-9-11-24(17)16-6-3-2-4-7-16/h2-4,6-7,9,11,25H,5,8,10,12-14H2,1H3. The second-order valence-corrected chi connectivity index (χ2v) is 7.00. The lowest BCUT2D eigenvalue weighted by Gasteiger charge is -2.38. The Balaban J connectivity index is 1.47.